The lowest BCUT2D eigenvalue weighted by Gasteiger charge is -2.06. The van der Waals surface area contributed by atoms with Gasteiger partial charge in [-0.2, -0.15) is 10.2 Å². The second-order valence-electron chi connectivity index (χ2n) is 4.61. The van der Waals surface area contributed by atoms with Crippen LogP contribution in [0, 0.1) is 6.92 Å². The molecule has 0 aliphatic carbocycles. The van der Waals surface area contributed by atoms with Crippen molar-refractivity contribution in [1.29, 1.82) is 0 Å². The molecule has 0 aliphatic rings. The molecular weight excluding hydrogens is 236 g/mol. The van der Waals surface area contributed by atoms with Crippen molar-refractivity contribution < 1.29 is 4.79 Å². The Bertz CT molecular complexity index is 564. The molecule has 0 saturated carbocycles. The summed E-state index contributed by atoms with van der Waals surface area (Å²) in [5.74, 6) is 0.152. The van der Waals surface area contributed by atoms with Crippen molar-refractivity contribution in [3.63, 3.8) is 0 Å². The zero-order valence-corrected chi connectivity index (χ0v) is 11.4. The summed E-state index contributed by atoms with van der Waals surface area (Å²) in [4.78, 5) is 12.3. The number of rotatable bonds is 5. The molecule has 0 atom stereocenters. The van der Waals surface area contributed by atoms with Crippen LogP contribution in [-0.2, 0) is 12.8 Å². The zero-order chi connectivity index (χ0) is 13.7. The van der Waals surface area contributed by atoms with Crippen LogP contribution in [0.1, 0.15) is 40.7 Å². The van der Waals surface area contributed by atoms with Crippen LogP contribution in [0.15, 0.2) is 36.4 Å². The molecule has 1 aromatic carbocycles. The van der Waals surface area contributed by atoms with Crippen LogP contribution < -0.4 is 0 Å². The molecule has 19 heavy (non-hydrogen) atoms. The minimum atomic E-state index is 0.152. The fourth-order valence-electron chi connectivity index (χ4n) is 2.05. The summed E-state index contributed by atoms with van der Waals surface area (Å²) in [6.45, 7) is 3.85. The Labute approximate surface area is 113 Å². The molecule has 1 aromatic heterocycles. The van der Waals surface area contributed by atoms with Crippen LogP contribution in [0.3, 0.4) is 0 Å². The van der Waals surface area contributed by atoms with Crippen molar-refractivity contribution in [2.75, 3.05) is 0 Å². The number of carbonyl (C=O) groups excluding carboxylic acids is 1. The molecule has 3 nitrogen and oxygen atoms in total. The molecule has 0 unspecified atom stereocenters. The molecule has 98 valence electrons. The van der Waals surface area contributed by atoms with Gasteiger partial charge in [0.15, 0.2) is 5.78 Å². The summed E-state index contributed by atoms with van der Waals surface area (Å²) in [6, 6.07) is 11.9. The summed E-state index contributed by atoms with van der Waals surface area (Å²) >= 11 is 0. The molecule has 0 N–H and O–H groups in total. The Balaban J connectivity index is 2.10. The molecule has 0 radical (unpaired) electrons. The molecule has 2 aromatic rings. The van der Waals surface area contributed by atoms with Gasteiger partial charge in [-0.05, 0) is 31.4 Å². The van der Waals surface area contributed by atoms with Crippen molar-refractivity contribution in [1.82, 2.24) is 10.2 Å². The molecule has 0 aliphatic heterocycles. The summed E-state index contributed by atoms with van der Waals surface area (Å²) in [5, 5.41) is 8.11. The van der Waals surface area contributed by atoms with Gasteiger partial charge in [-0.25, -0.2) is 0 Å². The zero-order valence-electron chi connectivity index (χ0n) is 11.4. The first-order chi connectivity index (χ1) is 9.20. The first-order valence-corrected chi connectivity index (χ1v) is 6.61. The quantitative estimate of drug-likeness (QED) is 0.770. The van der Waals surface area contributed by atoms with Gasteiger partial charge in [-0.3, -0.25) is 4.79 Å². The van der Waals surface area contributed by atoms with E-state index in [0.717, 1.165) is 29.8 Å². The van der Waals surface area contributed by atoms with Gasteiger partial charge in [0.05, 0.1) is 11.4 Å². The number of aryl methyl sites for hydroxylation is 3. The largest absolute Gasteiger partial charge is 0.294 e. The van der Waals surface area contributed by atoms with Gasteiger partial charge >= 0.3 is 0 Å². The van der Waals surface area contributed by atoms with Crippen molar-refractivity contribution in [2.45, 2.75) is 33.1 Å². The summed E-state index contributed by atoms with van der Waals surface area (Å²) in [6.07, 6.45) is 2.02. The van der Waals surface area contributed by atoms with Crippen LogP contribution in [-0.4, -0.2) is 16.0 Å². The van der Waals surface area contributed by atoms with Gasteiger partial charge in [0, 0.05) is 12.0 Å². The Morgan fingerprint density at radius 3 is 2.58 bits per heavy atom. The maximum Gasteiger partial charge on any atom is 0.165 e. The lowest BCUT2D eigenvalue weighted by molar-refractivity contribution is 0.0981. The predicted octanol–water partition coefficient (Wildman–Crippen LogP) is 3.16. The third kappa shape index (κ3) is 3.47. The maximum atomic E-state index is 12.3. The summed E-state index contributed by atoms with van der Waals surface area (Å²) < 4.78 is 0. The standard InChI is InChI=1S/C16H18N2O/c1-3-15-14(11-12(2)17-18-15)16(19)10-9-13-7-5-4-6-8-13/h4-8,11H,3,9-10H2,1-2H3. The SMILES string of the molecule is CCc1nnc(C)cc1C(=O)CCc1ccccc1. The predicted molar refractivity (Wildman–Crippen MR) is 75.2 cm³/mol. The van der Waals surface area contributed by atoms with E-state index in [2.05, 4.69) is 10.2 Å². The first kappa shape index (κ1) is 13.4. The van der Waals surface area contributed by atoms with Crippen molar-refractivity contribution >= 4 is 5.78 Å². The van der Waals surface area contributed by atoms with Crippen LogP contribution >= 0.6 is 0 Å². The Kier molecular flexibility index (Phi) is 4.39. The molecule has 1 heterocycles. The van der Waals surface area contributed by atoms with Crippen LogP contribution in [0.4, 0.5) is 0 Å². The monoisotopic (exact) mass is 254 g/mol. The van der Waals surface area contributed by atoms with E-state index in [4.69, 9.17) is 0 Å². The van der Waals surface area contributed by atoms with E-state index in [1.54, 1.807) is 0 Å². The highest BCUT2D eigenvalue weighted by Crippen LogP contribution is 2.12. The lowest BCUT2D eigenvalue weighted by atomic mass is 10.0. The number of benzene rings is 1. The van der Waals surface area contributed by atoms with E-state index >= 15 is 0 Å². The number of aromatic nitrogens is 2. The topological polar surface area (TPSA) is 42.9 Å². The Morgan fingerprint density at radius 1 is 1.16 bits per heavy atom. The third-order valence-corrected chi connectivity index (χ3v) is 3.11. The van der Waals surface area contributed by atoms with Crippen LogP contribution in [0.25, 0.3) is 0 Å². The van der Waals surface area contributed by atoms with E-state index in [1.807, 2.05) is 50.2 Å². The number of hydrogen-bond acceptors (Lipinski definition) is 3. The number of ketones is 1. The minimum Gasteiger partial charge on any atom is -0.294 e. The van der Waals surface area contributed by atoms with Gasteiger partial charge < -0.3 is 0 Å². The third-order valence-electron chi connectivity index (χ3n) is 3.11. The van der Waals surface area contributed by atoms with E-state index in [0.29, 0.717) is 6.42 Å². The first-order valence-electron chi connectivity index (χ1n) is 6.61. The minimum absolute atomic E-state index is 0.152. The average molecular weight is 254 g/mol. The van der Waals surface area contributed by atoms with Crippen molar-refractivity contribution in [3.8, 4) is 0 Å². The molecule has 3 heteroatoms. The number of hydrogen-bond donors (Lipinski definition) is 0. The van der Waals surface area contributed by atoms with Gasteiger partial charge in [0.25, 0.3) is 0 Å². The van der Waals surface area contributed by atoms with Crippen molar-refractivity contribution in [3.05, 3.63) is 58.9 Å². The second-order valence-corrected chi connectivity index (χ2v) is 4.61. The molecule has 0 fully saturated rings. The lowest BCUT2D eigenvalue weighted by Crippen LogP contribution is -2.08. The molecule has 2 rings (SSSR count). The fraction of sp³-hybridized carbons (Fsp3) is 0.312. The van der Waals surface area contributed by atoms with E-state index in [9.17, 15) is 4.79 Å². The molecule has 0 saturated heterocycles. The molecular formula is C16H18N2O. The smallest absolute Gasteiger partial charge is 0.165 e. The Morgan fingerprint density at radius 2 is 1.89 bits per heavy atom. The van der Waals surface area contributed by atoms with Crippen LogP contribution in [0.2, 0.25) is 0 Å². The van der Waals surface area contributed by atoms with E-state index in [-0.39, 0.29) is 5.78 Å². The summed E-state index contributed by atoms with van der Waals surface area (Å²) in [7, 11) is 0. The normalized spacial score (nSPS) is 10.4. The Hall–Kier alpha value is -2.03. The van der Waals surface area contributed by atoms with E-state index in [1.165, 1.54) is 5.56 Å². The van der Waals surface area contributed by atoms with Gasteiger partial charge in [-0.1, -0.05) is 37.3 Å². The van der Waals surface area contributed by atoms with Gasteiger partial charge in [0.1, 0.15) is 0 Å². The molecule has 0 bridgehead atoms. The van der Waals surface area contributed by atoms with Crippen LogP contribution in [0.5, 0.6) is 0 Å². The highest BCUT2D eigenvalue weighted by molar-refractivity contribution is 5.97. The second kappa shape index (κ2) is 6.23. The number of carbonyl (C=O) groups is 1. The molecule has 0 amide bonds. The maximum absolute atomic E-state index is 12.3. The fourth-order valence-corrected chi connectivity index (χ4v) is 2.05. The van der Waals surface area contributed by atoms with Crippen molar-refractivity contribution in [2.24, 2.45) is 0 Å². The van der Waals surface area contributed by atoms with Gasteiger partial charge in [-0.15, -0.1) is 0 Å². The highest BCUT2D eigenvalue weighted by Gasteiger charge is 2.12. The number of nitrogens with zero attached hydrogens (tertiary/aromatic N) is 2. The summed E-state index contributed by atoms with van der Waals surface area (Å²) in [5.41, 5.74) is 3.50. The van der Waals surface area contributed by atoms with Gasteiger partial charge in [0.2, 0.25) is 0 Å². The highest BCUT2D eigenvalue weighted by atomic mass is 16.1. The molecule has 0 spiro atoms. The average Bonchev–Trinajstić information content (AvgIpc) is 2.46. The van der Waals surface area contributed by atoms with E-state index < -0.39 is 0 Å². The number of Topliss-reactive ketones (excluding diaryl/α,β-unsaturated/α-hetero) is 1.